The maximum Gasteiger partial charge on any atom is 0.132 e. The van der Waals surface area contributed by atoms with Gasteiger partial charge in [-0.2, -0.15) is 0 Å². The summed E-state index contributed by atoms with van der Waals surface area (Å²) in [7, 11) is 0. The highest BCUT2D eigenvalue weighted by molar-refractivity contribution is 5.78. The molecule has 0 bridgehead atoms. The molecule has 1 aromatic rings. The lowest BCUT2D eigenvalue weighted by Gasteiger charge is -2.05. The minimum atomic E-state index is -0.158. The summed E-state index contributed by atoms with van der Waals surface area (Å²) in [6.07, 6.45) is 3.82. The number of aliphatic hydroxyl groups excluding tert-OH is 1. The van der Waals surface area contributed by atoms with Crippen molar-refractivity contribution < 1.29 is 15.0 Å². The first-order valence-corrected chi connectivity index (χ1v) is 6.10. The second-order valence-corrected chi connectivity index (χ2v) is 4.26. The molecular formula is C14H20O3. The van der Waals surface area contributed by atoms with Crippen LogP contribution in [0.15, 0.2) is 18.2 Å². The number of hydrogen-bond donors (Lipinski definition) is 2. The average Bonchev–Trinajstić information content (AvgIpc) is 2.31. The van der Waals surface area contributed by atoms with Crippen LogP contribution in [0.1, 0.15) is 43.7 Å². The highest BCUT2D eigenvalue weighted by Crippen LogP contribution is 2.19. The minimum absolute atomic E-state index is 0.123. The SMILES string of the molecule is CCCC(=O)CCCc1ccc(O)c(CO)c1. The maximum atomic E-state index is 11.3. The van der Waals surface area contributed by atoms with Gasteiger partial charge in [-0.1, -0.05) is 13.0 Å². The van der Waals surface area contributed by atoms with Gasteiger partial charge in [0.2, 0.25) is 0 Å². The van der Waals surface area contributed by atoms with Crippen LogP contribution in [0.2, 0.25) is 0 Å². The number of aliphatic hydroxyl groups is 1. The van der Waals surface area contributed by atoms with E-state index in [9.17, 15) is 9.90 Å². The molecule has 0 saturated carbocycles. The first kappa shape index (κ1) is 13.7. The molecule has 0 fully saturated rings. The van der Waals surface area contributed by atoms with Gasteiger partial charge < -0.3 is 10.2 Å². The molecule has 0 heterocycles. The van der Waals surface area contributed by atoms with Gasteiger partial charge in [0.15, 0.2) is 0 Å². The van der Waals surface area contributed by atoms with Crippen molar-refractivity contribution in [2.75, 3.05) is 0 Å². The Hall–Kier alpha value is -1.35. The lowest BCUT2D eigenvalue weighted by Crippen LogP contribution is -1.98. The second kappa shape index (κ2) is 7.07. The Morgan fingerprint density at radius 3 is 2.71 bits per heavy atom. The van der Waals surface area contributed by atoms with Crippen LogP contribution in [0.5, 0.6) is 5.75 Å². The molecule has 0 atom stereocenters. The molecule has 17 heavy (non-hydrogen) atoms. The topological polar surface area (TPSA) is 57.5 Å². The second-order valence-electron chi connectivity index (χ2n) is 4.26. The van der Waals surface area contributed by atoms with Crippen LogP contribution in [-0.4, -0.2) is 16.0 Å². The van der Waals surface area contributed by atoms with Crippen molar-refractivity contribution >= 4 is 5.78 Å². The summed E-state index contributed by atoms with van der Waals surface area (Å²) in [6.45, 7) is 1.85. The summed E-state index contributed by atoms with van der Waals surface area (Å²) in [6, 6.07) is 5.22. The molecule has 2 N–H and O–H groups in total. The summed E-state index contributed by atoms with van der Waals surface area (Å²) in [4.78, 5) is 11.3. The Labute approximate surface area is 102 Å². The number of phenols is 1. The number of aryl methyl sites for hydroxylation is 1. The number of carbonyl (C=O) groups excluding carboxylic acids is 1. The smallest absolute Gasteiger partial charge is 0.132 e. The number of ketones is 1. The molecule has 94 valence electrons. The van der Waals surface area contributed by atoms with Gasteiger partial charge >= 0.3 is 0 Å². The van der Waals surface area contributed by atoms with Crippen molar-refractivity contribution in [2.45, 2.75) is 45.6 Å². The Morgan fingerprint density at radius 2 is 2.06 bits per heavy atom. The van der Waals surface area contributed by atoms with Gasteiger partial charge in [0.25, 0.3) is 0 Å². The zero-order valence-corrected chi connectivity index (χ0v) is 10.3. The molecular weight excluding hydrogens is 216 g/mol. The van der Waals surface area contributed by atoms with Crippen molar-refractivity contribution in [3.63, 3.8) is 0 Å². The molecule has 3 heteroatoms. The Bertz CT molecular complexity index is 372. The fourth-order valence-corrected chi connectivity index (χ4v) is 1.81. The average molecular weight is 236 g/mol. The van der Waals surface area contributed by atoms with E-state index in [1.165, 1.54) is 0 Å². The molecule has 1 rings (SSSR count). The fourth-order valence-electron chi connectivity index (χ4n) is 1.81. The summed E-state index contributed by atoms with van der Waals surface area (Å²) < 4.78 is 0. The number of carbonyl (C=O) groups is 1. The van der Waals surface area contributed by atoms with Crippen LogP contribution in [0, 0.1) is 0 Å². The van der Waals surface area contributed by atoms with E-state index in [1.54, 1.807) is 12.1 Å². The van der Waals surface area contributed by atoms with E-state index in [0.29, 0.717) is 24.2 Å². The molecule has 0 spiro atoms. The van der Waals surface area contributed by atoms with E-state index < -0.39 is 0 Å². The monoisotopic (exact) mass is 236 g/mol. The number of aromatic hydroxyl groups is 1. The quantitative estimate of drug-likeness (QED) is 0.765. The van der Waals surface area contributed by atoms with Crippen LogP contribution in [0.3, 0.4) is 0 Å². The van der Waals surface area contributed by atoms with E-state index in [0.717, 1.165) is 24.8 Å². The Morgan fingerprint density at radius 1 is 1.29 bits per heavy atom. The predicted molar refractivity (Wildman–Crippen MR) is 66.9 cm³/mol. The predicted octanol–water partition coefficient (Wildman–Crippen LogP) is 2.58. The lowest BCUT2D eigenvalue weighted by atomic mass is 10.0. The zero-order chi connectivity index (χ0) is 12.7. The van der Waals surface area contributed by atoms with Crippen LogP contribution in [0.25, 0.3) is 0 Å². The minimum Gasteiger partial charge on any atom is -0.508 e. The zero-order valence-electron chi connectivity index (χ0n) is 10.3. The molecule has 0 aliphatic heterocycles. The molecule has 0 unspecified atom stereocenters. The third-order valence-electron chi connectivity index (χ3n) is 2.76. The molecule has 0 aliphatic rings. The normalized spacial score (nSPS) is 10.5. The van der Waals surface area contributed by atoms with Gasteiger partial charge in [0.1, 0.15) is 11.5 Å². The standard InChI is InChI=1S/C14H20O3/c1-2-4-13(16)6-3-5-11-7-8-14(17)12(9-11)10-15/h7-9,15,17H,2-6,10H2,1H3. The third-order valence-corrected chi connectivity index (χ3v) is 2.76. The third kappa shape index (κ3) is 4.57. The number of benzene rings is 1. The van der Waals surface area contributed by atoms with E-state index in [-0.39, 0.29) is 12.4 Å². The van der Waals surface area contributed by atoms with E-state index in [4.69, 9.17) is 5.11 Å². The lowest BCUT2D eigenvalue weighted by molar-refractivity contribution is -0.119. The number of Topliss-reactive ketones (excluding diaryl/α,β-unsaturated/α-hetero) is 1. The first-order valence-electron chi connectivity index (χ1n) is 6.10. The van der Waals surface area contributed by atoms with Crippen LogP contribution in [-0.2, 0) is 17.8 Å². The molecule has 0 aliphatic carbocycles. The van der Waals surface area contributed by atoms with Crippen LogP contribution >= 0.6 is 0 Å². The Balaban J connectivity index is 2.44. The van der Waals surface area contributed by atoms with Crippen LogP contribution in [0.4, 0.5) is 0 Å². The van der Waals surface area contributed by atoms with Crippen molar-refractivity contribution in [1.29, 1.82) is 0 Å². The van der Waals surface area contributed by atoms with Gasteiger partial charge in [-0.3, -0.25) is 4.79 Å². The summed E-state index contributed by atoms with van der Waals surface area (Å²) in [5, 5.41) is 18.4. The van der Waals surface area contributed by atoms with E-state index in [1.807, 2.05) is 13.0 Å². The molecule has 3 nitrogen and oxygen atoms in total. The molecule has 0 amide bonds. The van der Waals surface area contributed by atoms with Crippen molar-refractivity contribution in [3.05, 3.63) is 29.3 Å². The number of hydrogen-bond acceptors (Lipinski definition) is 3. The first-order chi connectivity index (χ1) is 8.17. The molecule has 1 aromatic carbocycles. The van der Waals surface area contributed by atoms with Crippen LogP contribution < -0.4 is 0 Å². The van der Waals surface area contributed by atoms with Crippen molar-refractivity contribution in [1.82, 2.24) is 0 Å². The highest BCUT2D eigenvalue weighted by Gasteiger charge is 2.03. The van der Waals surface area contributed by atoms with Crippen molar-refractivity contribution in [3.8, 4) is 5.75 Å². The highest BCUT2D eigenvalue weighted by atomic mass is 16.3. The van der Waals surface area contributed by atoms with Crippen molar-refractivity contribution in [2.24, 2.45) is 0 Å². The van der Waals surface area contributed by atoms with Gasteiger partial charge in [-0.25, -0.2) is 0 Å². The number of rotatable bonds is 7. The van der Waals surface area contributed by atoms with Gasteiger partial charge in [-0.05, 0) is 37.0 Å². The Kier molecular flexibility index (Phi) is 5.70. The molecule has 0 aromatic heterocycles. The van der Waals surface area contributed by atoms with E-state index in [2.05, 4.69) is 0 Å². The largest absolute Gasteiger partial charge is 0.508 e. The summed E-state index contributed by atoms with van der Waals surface area (Å²) in [5.74, 6) is 0.437. The van der Waals surface area contributed by atoms with Gasteiger partial charge in [0.05, 0.1) is 6.61 Å². The molecule has 0 radical (unpaired) electrons. The van der Waals surface area contributed by atoms with E-state index >= 15 is 0 Å². The summed E-state index contributed by atoms with van der Waals surface area (Å²) >= 11 is 0. The van der Waals surface area contributed by atoms with Gasteiger partial charge in [-0.15, -0.1) is 0 Å². The maximum absolute atomic E-state index is 11.3. The fraction of sp³-hybridized carbons (Fsp3) is 0.500. The summed E-state index contributed by atoms with van der Waals surface area (Å²) in [5.41, 5.74) is 1.60. The van der Waals surface area contributed by atoms with Gasteiger partial charge in [0, 0.05) is 18.4 Å². The molecule has 0 saturated heterocycles.